The van der Waals surface area contributed by atoms with E-state index in [1.54, 1.807) is 18.4 Å². The Morgan fingerprint density at radius 2 is 2.04 bits per heavy atom. The zero-order valence-corrected chi connectivity index (χ0v) is 18.8. The molecule has 6 nitrogen and oxygen atoms in total. The van der Waals surface area contributed by atoms with E-state index >= 15 is 0 Å². The van der Waals surface area contributed by atoms with Crippen LogP contribution in [0.4, 0.5) is 0 Å². The van der Waals surface area contributed by atoms with Crippen LogP contribution >= 0.6 is 35.3 Å². The van der Waals surface area contributed by atoms with Crippen molar-refractivity contribution in [3.8, 4) is 0 Å². The molecule has 0 spiro atoms. The number of halogens is 1. The van der Waals surface area contributed by atoms with Crippen LogP contribution in [-0.4, -0.2) is 62.8 Å². The lowest BCUT2D eigenvalue weighted by atomic mass is 10.2. The number of rotatable bonds is 9. The largest absolute Gasteiger partial charge is 0.377 e. The minimum absolute atomic E-state index is 0. The van der Waals surface area contributed by atoms with Crippen molar-refractivity contribution in [3.63, 3.8) is 0 Å². The number of aromatic nitrogens is 1. The fraction of sp³-hybridized carbons (Fsp3) is 0.750. The molecule has 0 aromatic carbocycles. The molecular weight excluding hydrogens is 437 g/mol. The molecule has 0 radical (unpaired) electrons. The number of guanidine groups is 1. The molecule has 24 heavy (non-hydrogen) atoms. The third kappa shape index (κ3) is 9.14. The number of thiazole rings is 1. The monoisotopic (exact) mass is 469 g/mol. The van der Waals surface area contributed by atoms with Gasteiger partial charge in [0.1, 0.15) is 0 Å². The molecule has 1 heterocycles. The van der Waals surface area contributed by atoms with E-state index in [1.807, 2.05) is 20.8 Å². The number of nitrogens with one attached hydrogen (secondary N) is 2. The summed E-state index contributed by atoms with van der Waals surface area (Å²) < 4.78 is 5.79. The predicted octanol–water partition coefficient (Wildman–Crippen LogP) is 2.40. The highest BCUT2D eigenvalue weighted by atomic mass is 127. The van der Waals surface area contributed by atoms with Crippen LogP contribution in [-0.2, 0) is 11.3 Å². The topological polar surface area (TPSA) is 61.8 Å². The van der Waals surface area contributed by atoms with E-state index in [4.69, 9.17) is 4.74 Å². The fourth-order valence-corrected chi connectivity index (χ4v) is 3.09. The summed E-state index contributed by atoms with van der Waals surface area (Å²) in [5.41, 5.74) is 1.09. The first-order chi connectivity index (χ1) is 11.0. The number of ether oxygens (including phenoxy) is 1. The molecule has 1 aromatic rings. The fourth-order valence-electron chi connectivity index (χ4n) is 2.21. The third-order valence-electron chi connectivity index (χ3n) is 3.44. The quantitative estimate of drug-likeness (QED) is 0.331. The maximum Gasteiger partial charge on any atom is 0.191 e. The molecule has 1 unspecified atom stereocenters. The lowest BCUT2D eigenvalue weighted by Gasteiger charge is -2.21. The van der Waals surface area contributed by atoms with Gasteiger partial charge in [-0.1, -0.05) is 0 Å². The van der Waals surface area contributed by atoms with Gasteiger partial charge >= 0.3 is 0 Å². The van der Waals surface area contributed by atoms with Crippen molar-refractivity contribution >= 4 is 41.3 Å². The molecule has 1 rings (SSSR count). The van der Waals surface area contributed by atoms with Crippen LogP contribution in [0.3, 0.4) is 0 Å². The van der Waals surface area contributed by atoms with Crippen LogP contribution in [0.25, 0.3) is 0 Å². The first kappa shape index (κ1) is 23.5. The van der Waals surface area contributed by atoms with Crippen molar-refractivity contribution in [3.05, 3.63) is 15.6 Å². The van der Waals surface area contributed by atoms with Gasteiger partial charge in [0.25, 0.3) is 0 Å². The first-order valence-electron chi connectivity index (χ1n) is 8.10. The van der Waals surface area contributed by atoms with Crippen molar-refractivity contribution in [1.82, 2.24) is 20.5 Å². The Bertz CT molecular complexity index is 493. The highest BCUT2D eigenvalue weighted by molar-refractivity contribution is 14.0. The molecule has 0 bridgehead atoms. The highest BCUT2D eigenvalue weighted by Gasteiger charge is 2.11. The Morgan fingerprint density at radius 1 is 1.33 bits per heavy atom. The van der Waals surface area contributed by atoms with Crippen LogP contribution in [0.1, 0.15) is 28.9 Å². The minimum Gasteiger partial charge on any atom is -0.377 e. The molecule has 1 aromatic heterocycles. The van der Waals surface area contributed by atoms with E-state index in [9.17, 15) is 0 Å². The smallest absolute Gasteiger partial charge is 0.191 e. The number of aryl methyl sites for hydroxylation is 2. The molecule has 2 N–H and O–H groups in total. The Kier molecular flexibility index (Phi) is 12.6. The van der Waals surface area contributed by atoms with Crippen molar-refractivity contribution in [2.75, 3.05) is 40.8 Å². The molecule has 1 atom stereocenters. The molecular formula is C16H32IN5OS. The number of nitrogens with zero attached hydrogens (tertiary/aromatic N) is 3. The van der Waals surface area contributed by atoms with Crippen molar-refractivity contribution in [2.24, 2.45) is 4.99 Å². The SMILES string of the molecule is CCOC(CCN(C)C)CNC(=NC)NCc1sc(C)nc1C.I. The zero-order valence-electron chi connectivity index (χ0n) is 15.7. The van der Waals surface area contributed by atoms with Gasteiger partial charge in [0.05, 0.1) is 23.4 Å². The summed E-state index contributed by atoms with van der Waals surface area (Å²) in [6.07, 6.45) is 1.19. The van der Waals surface area contributed by atoms with Crippen molar-refractivity contribution in [1.29, 1.82) is 0 Å². The summed E-state index contributed by atoms with van der Waals surface area (Å²) >= 11 is 1.72. The van der Waals surface area contributed by atoms with Gasteiger partial charge in [-0.25, -0.2) is 4.98 Å². The van der Waals surface area contributed by atoms with E-state index in [1.165, 1.54) is 4.88 Å². The van der Waals surface area contributed by atoms with Crippen LogP contribution in [0.15, 0.2) is 4.99 Å². The maximum atomic E-state index is 5.79. The van der Waals surface area contributed by atoms with Crippen LogP contribution in [0, 0.1) is 13.8 Å². The van der Waals surface area contributed by atoms with E-state index in [-0.39, 0.29) is 30.1 Å². The average molecular weight is 469 g/mol. The van der Waals surface area contributed by atoms with E-state index in [0.29, 0.717) is 0 Å². The first-order valence-corrected chi connectivity index (χ1v) is 8.91. The Hall–Kier alpha value is -0.450. The van der Waals surface area contributed by atoms with E-state index in [2.05, 4.69) is 39.6 Å². The minimum atomic E-state index is 0. The zero-order chi connectivity index (χ0) is 17.2. The molecule has 0 aliphatic rings. The third-order valence-corrected chi connectivity index (χ3v) is 4.51. The van der Waals surface area contributed by atoms with Gasteiger partial charge in [0, 0.05) is 31.6 Å². The molecule has 8 heteroatoms. The van der Waals surface area contributed by atoms with Gasteiger partial charge in [-0.05, 0) is 41.3 Å². The maximum absolute atomic E-state index is 5.79. The van der Waals surface area contributed by atoms with Gasteiger partial charge in [-0.2, -0.15) is 0 Å². The molecule has 0 aliphatic carbocycles. The second kappa shape index (κ2) is 12.8. The van der Waals surface area contributed by atoms with Gasteiger partial charge < -0.3 is 20.3 Å². The lowest BCUT2D eigenvalue weighted by molar-refractivity contribution is 0.0548. The van der Waals surface area contributed by atoms with Gasteiger partial charge in [0.15, 0.2) is 5.96 Å². The molecule has 0 fully saturated rings. The molecule has 0 saturated heterocycles. The van der Waals surface area contributed by atoms with Crippen LogP contribution in [0.2, 0.25) is 0 Å². The number of hydrogen-bond acceptors (Lipinski definition) is 5. The summed E-state index contributed by atoms with van der Waals surface area (Å²) in [7, 11) is 5.95. The summed E-state index contributed by atoms with van der Waals surface area (Å²) in [5, 5.41) is 7.80. The Morgan fingerprint density at radius 3 is 2.54 bits per heavy atom. The highest BCUT2D eigenvalue weighted by Crippen LogP contribution is 2.16. The van der Waals surface area contributed by atoms with Gasteiger partial charge in [-0.15, -0.1) is 35.3 Å². The van der Waals surface area contributed by atoms with Crippen LogP contribution in [0.5, 0.6) is 0 Å². The lowest BCUT2D eigenvalue weighted by Crippen LogP contribution is -2.42. The molecule has 140 valence electrons. The van der Waals surface area contributed by atoms with E-state index in [0.717, 1.165) is 49.3 Å². The molecule has 0 aliphatic heterocycles. The summed E-state index contributed by atoms with van der Waals surface area (Å²) in [6, 6.07) is 0. The summed E-state index contributed by atoms with van der Waals surface area (Å²) in [4.78, 5) is 12.2. The molecule has 0 amide bonds. The Labute approximate surface area is 167 Å². The van der Waals surface area contributed by atoms with E-state index < -0.39 is 0 Å². The van der Waals surface area contributed by atoms with Gasteiger partial charge in [0.2, 0.25) is 0 Å². The van der Waals surface area contributed by atoms with Crippen LogP contribution < -0.4 is 10.6 Å². The summed E-state index contributed by atoms with van der Waals surface area (Å²) in [5.74, 6) is 0.796. The predicted molar refractivity (Wildman–Crippen MR) is 114 cm³/mol. The Balaban J connectivity index is 0.00000529. The van der Waals surface area contributed by atoms with Crippen molar-refractivity contribution in [2.45, 2.75) is 39.8 Å². The molecule has 0 saturated carbocycles. The second-order valence-corrected chi connectivity index (χ2v) is 7.01. The van der Waals surface area contributed by atoms with Gasteiger partial charge in [-0.3, -0.25) is 4.99 Å². The standard InChI is InChI=1S/C16H31N5OS.HI/c1-7-22-14(8-9-21(5)6)10-18-16(17-4)19-11-15-12(2)20-13(3)23-15;/h14H,7-11H2,1-6H3,(H2,17,18,19);1H. The second-order valence-electron chi connectivity index (χ2n) is 5.72. The number of hydrogen-bond donors (Lipinski definition) is 2. The normalized spacial score (nSPS) is 12.9. The summed E-state index contributed by atoms with van der Waals surface area (Å²) in [6.45, 7) is 9.35. The number of aliphatic imine (C=N–C) groups is 1. The van der Waals surface area contributed by atoms with Crippen molar-refractivity contribution < 1.29 is 4.74 Å². The average Bonchev–Trinajstić information content (AvgIpc) is 2.82.